The Bertz CT molecular complexity index is 1340. The number of hydrazone groups is 1. The molecule has 1 aliphatic rings. The largest absolute Gasteiger partial charge is 0.478 e. The minimum absolute atomic E-state index is 0.0834. The molecule has 2 unspecified atom stereocenters. The molecule has 0 spiro atoms. The third-order valence-electron chi connectivity index (χ3n) is 5.87. The van der Waals surface area contributed by atoms with E-state index in [-0.39, 0.29) is 13.0 Å². The maximum Gasteiger partial charge on any atom is 0.328 e. The number of carbonyl (C=O) groups is 6. The number of aliphatic carboxylic acids is 2. The van der Waals surface area contributed by atoms with E-state index >= 15 is 0 Å². The fraction of sp³-hybridized carbons (Fsp3) is 0.250. The first kappa shape index (κ1) is 32.7. The van der Waals surface area contributed by atoms with Gasteiger partial charge in [0.1, 0.15) is 12.1 Å². The van der Waals surface area contributed by atoms with E-state index in [2.05, 4.69) is 15.7 Å². The Morgan fingerprint density at radius 3 is 2.17 bits per heavy atom. The first-order valence-corrected chi connectivity index (χ1v) is 12.5. The standard InChI is InChI=1S/C24H27N5O5.C4H4O4/c1-3-34-21(31)13-19(17-7-5-4-6-8-17)27-20(30)15-29-22(32)24(2,28-23(29)33)18-11-9-16(10-12-18)14-26-25;5-3(6)1-2-4(7)8/h4-12,14,19H,3,13,15,25H2,1-2H3,(H,27,30)(H,28,33);1-2H,(H,5,6)(H,7,8)/b;2-1-. The number of esters is 1. The molecule has 4 amide bonds. The van der Waals surface area contributed by atoms with E-state index in [1.54, 1.807) is 62.4 Å². The van der Waals surface area contributed by atoms with Gasteiger partial charge in [-0.2, -0.15) is 5.10 Å². The number of imide groups is 1. The van der Waals surface area contributed by atoms with E-state index < -0.39 is 53.9 Å². The number of carboxylic acid groups (broad SMARTS) is 2. The summed E-state index contributed by atoms with van der Waals surface area (Å²) in [6.07, 6.45) is 2.49. The van der Waals surface area contributed by atoms with Crippen LogP contribution in [0.1, 0.15) is 43.0 Å². The molecule has 2 aromatic carbocycles. The van der Waals surface area contributed by atoms with Gasteiger partial charge in [0.15, 0.2) is 0 Å². The summed E-state index contributed by atoms with van der Waals surface area (Å²) >= 11 is 0. The number of nitrogens with zero attached hydrogens (tertiary/aromatic N) is 2. The quantitative estimate of drug-likeness (QED) is 0.0639. The molecule has 42 heavy (non-hydrogen) atoms. The number of nitrogens with one attached hydrogen (secondary N) is 2. The second kappa shape index (κ2) is 15.3. The maximum atomic E-state index is 13.1. The molecule has 1 saturated heterocycles. The molecule has 1 aliphatic heterocycles. The van der Waals surface area contributed by atoms with Crippen molar-refractivity contribution in [1.82, 2.24) is 15.5 Å². The first-order chi connectivity index (χ1) is 19.9. The van der Waals surface area contributed by atoms with Gasteiger partial charge in [0, 0.05) is 12.2 Å². The van der Waals surface area contributed by atoms with Gasteiger partial charge < -0.3 is 31.4 Å². The number of hydrogen-bond acceptors (Lipinski definition) is 9. The number of ether oxygens (including phenoxy) is 1. The van der Waals surface area contributed by atoms with Gasteiger partial charge in [0.2, 0.25) is 5.91 Å². The van der Waals surface area contributed by atoms with Crippen molar-refractivity contribution in [2.45, 2.75) is 31.8 Å². The summed E-state index contributed by atoms with van der Waals surface area (Å²) in [7, 11) is 0. The molecule has 14 heteroatoms. The van der Waals surface area contributed by atoms with Crippen molar-refractivity contribution in [3.63, 3.8) is 0 Å². The van der Waals surface area contributed by atoms with Crippen LogP contribution in [0.15, 0.2) is 71.9 Å². The SMILES string of the molecule is CCOC(=O)CC(NC(=O)CN1C(=O)NC(C)(c2ccc(C=NN)cc2)C1=O)c1ccccc1.O=C(O)/C=C\C(=O)O. The molecule has 222 valence electrons. The van der Waals surface area contributed by atoms with E-state index in [0.717, 1.165) is 10.5 Å². The lowest BCUT2D eigenvalue weighted by Crippen LogP contribution is -2.44. The van der Waals surface area contributed by atoms with E-state index in [9.17, 15) is 28.8 Å². The average molecular weight is 582 g/mol. The van der Waals surface area contributed by atoms with Crippen LogP contribution in [0, 0.1) is 0 Å². The van der Waals surface area contributed by atoms with Gasteiger partial charge in [-0.1, -0.05) is 54.6 Å². The van der Waals surface area contributed by atoms with Crippen LogP contribution in [-0.2, 0) is 34.2 Å². The molecule has 0 saturated carbocycles. The number of rotatable bonds is 11. The van der Waals surface area contributed by atoms with Crippen LogP contribution in [-0.4, -0.2) is 70.2 Å². The number of benzene rings is 2. The van der Waals surface area contributed by atoms with Gasteiger partial charge >= 0.3 is 23.9 Å². The highest BCUT2D eigenvalue weighted by Gasteiger charge is 2.49. The molecular weight excluding hydrogens is 550 g/mol. The van der Waals surface area contributed by atoms with Gasteiger partial charge in [0.05, 0.1) is 25.3 Å². The van der Waals surface area contributed by atoms with Gasteiger partial charge in [-0.25, -0.2) is 14.4 Å². The fourth-order valence-electron chi connectivity index (χ4n) is 3.88. The molecule has 1 heterocycles. The molecule has 6 N–H and O–H groups in total. The van der Waals surface area contributed by atoms with Crippen molar-refractivity contribution in [2.24, 2.45) is 10.9 Å². The lowest BCUT2D eigenvalue weighted by atomic mass is 9.91. The average Bonchev–Trinajstić information content (AvgIpc) is 3.16. The second-order valence-corrected chi connectivity index (χ2v) is 8.90. The maximum absolute atomic E-state index is 13.1. The van der Waals surface area contributed by atoms with Crippen LogP contribution in [0.5, 0.6) is 0 Å². The van der Waals surface area contributed by atoms with Gasteiger partial charge in [-0.15, -0.1) is 0 Å². The Kier molecular flexibility index (Phi) is 11.9. The van der Waals surface area contributed by atoms with Crippen LogP contribution in [0.4, 0.5) is 4.79 Å². The highest BCUT2D eigenvalue weighted by Crippen LogP contribution is 2.29. The molecule has 0 radical (unpaired) electrons. The summed E-state index contributed by atoms with van der Waals surface area (Å²) < 4.78 is 5.01. The molecular formula is C28H31N5O9. The zero-order chi connectivity index (χ0) is 31.3. The monoisotopic (exact) mass is 581 g/mol. The summed E-state index contributed by atoms with van der Waals surface area (Å²) in [6.45, 7) is 2.99. The Labute approximate surface area is 240 Å². The summed E-state index contributed by atoms with van der Waals surface area (Å²) in [5.41, 5.74) is 0.648. The van der Waals surface area contributed by atoms with Crippen LogP contribution < -0.4 is 16.5 Å². The van der Waals surface area contributed by atoms with Crippen molar-refractivity contribution >= 4 is 42.0 Å². The van der Waals surface area contributed by atoms with Crippen molar-refractivity contribution in [1.29, 1.82) is 0 Å². The molecule has 3 rings (SSSR count). The number of urea groups is 1. The summed E-state index contributed by atoms with van der Waals surface area (Å²) in [5.74, 6) is 1.03. The molecule has 0 bridgehead atoms. The Balaban J connectivity index is 0.000000675. The third kappa shape index (κ3) is 9.29. The predicted molar refractivity (Wildman–Crippen MR) is 149 cm³/mol. The zero-order valence-electron chi connectivity index (χ0n) is 22.9. The number of carboxylic acids is 2. The highest BCUT2D eigenvalue weighted by atomic mass is 16.5. The third-order valence-corrected chi connectivity index (χ3v) is 5.87. The van der Waals surface area contributed by atoms with Crippen LogP contribution >= 0.6 is 0 Å². The van der Waals surface area contributed by atoms with E-state index in [1.807, 2.05) is 6.07 Å². The summed E-state index contributed by atoms with van der Waals surface area (Å²) in [4.78, 5) is 70.6. The lowest BCUT2D eigenvalue weighted by Gasteiger charge is -2.23. The Morgan fingerprint density at radius 2 is 1.64 bits per heavy atom. The number of carbonyl (C=O) groups excluding carboxylic acids is 4. The van der Waals surface area contributed by atoms with E-state index in [1.165, 1.54) is 6.21 Å². The fourth-order valence-corrected chi connectivity index (χ4v) is 3.88. The molecule has 0 aromatic heterocycles. The second-order valence-electron chi connectivity index (χ2n) is 8.90. The van der Waals surface area contributed by atoms with Gasteiger partial charge in [-0.05, 0) is 30.5 Å². The number of hydrogen-bond donors (Lipinski definition) is 5. The van der Waals surface area contributed by atoms with Crippen molar-refractivity contribution in [2.75, 3.05) is 13.2 Å². The minimum atomic E-state index is -1.33. The predicted octanol–water partition coefficient (Wildman–Crippen LogP) is 1.27. The Hall–Kier alpha value is -5.53. The number of nitrogens with two attached hydrogens (primary N) is 1. The van der Waals surface area contributed by atoms with Crippen molar-refractivity contribution < 1.29 is 43.7 Å². The molecule has 0 aliphatic carbocycles. The van der Waals surface area contributed by atoms with E-state index in [4.69, 9.17) is 20.8 Å². The molecule has 2 aromatic rings. The van der Waals surface area contributed by atoms with Crippen LogP contribution in [0.3, 0.4) is 0 Å². The summed E-state index contributed by atoms with van der Waals surface area (Å²) in [6, 6.07) is 14.4. The molecule has 2 atom stereocenters. The summed E-state index contributed by atoms with van der Waals surface area (Å²) in [5, 5.41) is 24.5. The van der Waals surface area contributed by atoms with Crippen molar-refractivity contribution in [3.8, 4) is 0 Å². The normalized spacial score (nSPS) is 16.9. The minimum Gasteiger partial charge on any atom is -0.478 e. The topological polar surface area (TPSA) is 218 Å². The van der Waals surface area contributed by atoms with Crippen LogP contribution in [0.2, 0.25) is 0 Å². The van der Waals surface area contributed by atoms with E-state index in [0.29, 0.717) is 23.3 Å². The zero-order valence-corrected chi connectivity index (χ0v) is 22.9. The highest BCUT2D eigenvalue weighted by molar-refractivity contribution is 6.09. The number of amides is 4. The lowest BCUT2D eigenvalue weighted by molar-refractivity contribution is -0.144. The molecule has 14 nitrogen and oxygen atoms in total. The smallest absolute Gasteiger partial charge is 0.328 e. The van der Waals surface area contributed by atoms with Crippen LogP contribution in [0.25, 0.3) is 0 Å². The van der Waals surface area contributed by atoms with Gasteiger partial charge in [0.25, 0.3) is 5.91 Å². The Morgan fingerprint density at radius 1 is 1.05 bits per heavy atom. The molecule has 1 fully saturated rings. The van der Waals surface area contributed by atoms with Gasteiger partial charge in [-0.3, -0.25) is 19.3 Å². The van der Waals surface area contributed by atoms with Crippen molar-refractivity contribution in [3.05, 3.63) is 83.4 Å². The first-order valence-electron chi connectivity index (χ1n) is 12.5.